The number of benzene rings is 2. The second-order valence-electron chi connectivity index (χ2n) is 9.25. The van der Waals surface area contributed by atoms with Gasteiger partial charge in [-0.05, 0) is 61.2 Å². The Morgan fingerprint density at radius 3 is 2.60 bits per heavy atom. The number of hydrogen-bond donors (Lipinski definition) is 2. The largest absolute Gasteiger partial charge is 0.363 e. The molecule has 1 aliphatic heterocycles. The predicted octanol–water partition coefficient (Wildman–Crippen LogP) is 6.30. The van der Waals surface area contributed by atoms with E-state index in [4.69, 9.17) is 12.2 Å². The van der Waals surface area contributed by atoms with Crippen LogP contribution in [-0.2, 0) is 0 Å². The second kappa shape index (κ2) is 11.7. The zero-order valence-corrected chi connectivity index (χ0v) is 21.7. The standard InChI is InChI=1S/C27H31FN4OS2/c1-18(2)11-14-29-27(34)32-15-12-20(13-16-32)26-31-24(17-35-26)25(33)30-23-6-4-3-5-22(23)19-7-9-21(28)10-8-19/h3-10,17-18,20H,11-16H2,1-2H3,(H,29,34)(H,30,33). The molecule has 1 aromatic heterocycles. The number of thiocarbonyl (C=S) groups is 1. The van der Waals surface area contributed by atoms with E-state index in [2.05, 4.69) is 34.4 Å². The molecule has 35 heavy (non-hydrogen) atoms. The molecule has 0 bridgehead atoms. The zero-order valence-electron chi connectivity index (χ0n) is 20.1. The first-order valence-corrected chi connectivity index (χ1v) is 13.3. The van der Waals surface area contributed by atoms with Crippen LogP contribution in [0, 0.1) is 11.7 Å². The van der Waals surface area contributed by atoms with Crippen LogP contribution in [-0.4, -0.2) is 40.5 Å². The van der Waals surface area contributed by atoms with E-state index in [0.29, 0.717) is 23.2 Å². The molecule has 4 rings (SSSR count). The fraction of sp³-hybridized carbons (Fsp3) is 0.370. The summed E-state index contributed by atoms with van der Waals surface area (Å²) in [7, 11) is 0. The number of carbonyl (C=O) groups is 1. The number of carbonyl (C=O) groups excluding carboxylic acids is 1. The summed E-state index contributed by atoms with van der Waals surface area (Å²) in [6.45, 7) is 7.12. The van der Waals surface area contributed by atoms with E-state index in [1.165, 1.54) is 12.1 Å². The molecule has 2 aromatic carbocycles. The molecule has 0 radical (unpaired) electrons. The SMILES string of the molecule is CC(C)CCNC(=S)N1CCC(c2nc(C(=O)Nc3ccccc3-c3ccc(F)cc3)cs2)CC1. The van der Waals surface area contributed by atoms with Gasteiger partial charge in [0.1, 0.15) is 11.5 Å². The Hall–Kier alpha value is -2.84. The summed E-state index contributed by atoms with van der Waals surface area (Å²) in [6.07, 6.45) is 3.04. The number of piperidine rings is 1. The molecule has 1 amide bonds. The van der Waals surface area contributed by atoms with Crippen molar-refractivity contribution in [2.75, 3.05) is 25.0 Å². The van der Waals surface area contributed by atoms with Crippen LogP contribution in [0.5, 0.6) is 0 Å². The van der Waals surface area contributed by atoms with E-state index in [1.54, 1.807) is 23.5 Å². The van der Waals surface area contributed by atoms with Gasteiger partial charge in [-0.1, -0.05) is 44.2 Å². The maximum Gasteiger partial charge on any atom is 0.275 e. The van der Waals surface area contributed by atoms with Crippen LogP contribution in [0.2, 0.25) is 0 Å². The van der Waals surface area contributed by atoms with Crippen molar-refractivity contribution in [1.29, 1.82) is 0 Å². The molecule has 2 heterocycles. The number of anilines is 1. The molecule has 1 aliphatic rings. The minimum Gasteiger partial charge on any atom is -0.363 e. The first kappa shape index (κ1) is 25.3. The second-order valence-corrected chi connectivity index (χ2v) is 10.5. The van der Waals surface area contributed by atoms with Crippen LogP contribution in [0.3, 0.4) is 0 Å². The van der Waals surface area contributed by atoms with Crippen molar-refractivity contribution in [3.8, 4) is 11.1 Å². The summed E-state index contributed by atoms with van der Waals surface area (Å²) < 4.78 is 13.3. The van der Waals surface area contributed by atoms with Gasteiger partial charge in [0, 0.05) is 42.2 Å². The highest BCUT2D eigenvalue weighted by Gasteiger charge is 2.25. The Balaban J connectivity index is 1.35. The van der Waals surface area contributed by atoms with Crippen molar-refractivity contribution in [3.63, 3.8) is 0 Å². The highest BCUT2D eigenvalue weighted by molar-refractivity contribution is 7.80. The predicted molar refractivity (Wildman–Crippen MR) is 146 cm³/mol. The Bertz CT molecular complexity index is 1150. The van der Waals surface area contributed by atoms with Crippen LogP contribution in [0.1, 0.15) is 54.5 Å². The molecule has 1 fully saturated rings. The number of halogens is 1. The lowest BCUT2D eigenvalue weighted by molar-refractivity contribution is 0.102. The zero-order chi connectivity index (χ0) is 24.8. The first-order valence-electron chi connectivity index (χ1n) is 12.0. The van der Waals surface area contributed by atoms with Crippen LogP contribution in [0.15, 0.2) is 53.9 Å². The molecule has 0 atom stereocenters. The summed E-state index contributed by atoms with van der Waals surface area (Å²) in [6, 6.07) is 13.8. The van der Waals surface area contributed by atoms with Gasteiger partial charge in [-0.25, -0.2) is 9.37 Å². The van der Waals surface area contributed by atoms with Crippen molar-refractivity contribution in [2.45, 2.75) is 39.0 Å². The maximum atomic E-state index is 13.3. The number of thiazole rings is 1. The van der Waals surface area contributed by atoms with E-state index in [1.807, 2.05) is 29.6 Å². The summed E-state index contributed by atoms with van der Waals surface area (Å²) in [5.41, 5.74) is 2.77. The molecule has 3 aromatic rings. The molecule has 1 saturated heterocycles. The summed E-state index contributed by atoms with van der Waals surface area (Å²) in [4.78, 5) is 19.9. The van der Waals surface area contributed by atoms with Gasteiger partial charge in [-0.3, -0.25) is 4.79 Å². The van der Waals surface area contributed by atoms with Crippen molar-refractivity contribution >= 4 is 40.3 Å². The third-order valence-electron chi connectivity index (χ3n) is 6.21. The Labute approximate surface area is 215 Å². The fourth-order valence-corrected chi connectivity index (χ4v) is 5.40. The topological polar surface area (TPSA) is 57.3 Å². The average Bonchev–Trinajstić information content (AvgIpc) is 3.35. The average molecular weight is 511 g/mol. The number of hydrogen-bond acceptors (Lipinski definition) is 4. The van der Waals surface area contributed by atoms with Gasteiger partial charge in [0.25, 0.3) is 5.91 Å². The first-order chi connectivity index (χ1) is 16.9. The minimum absolute atomic E-state index is 0.241. The summed E-state index contributed by atoms with van der Waals surface area (Å²) >= 11 is 7.11. The van der Waals surface area contributed by atoms with Crippen molar-refractivity contribution in [3.05, 3.63) is 70.4 Å². The number of aromatic nitrogens is 1. The lowest BCUT2D eigenvalue weighted by atomic mass is 9.98. The van der Waals surface area contributed by atoms with Gasteiger partial charge in [0.05, 0.1) is 5.01 Å². The van der Waals surface area contributed by atoms with Gasteiger partial charge in [-0.15, -0.1) is 11.3 Å². The lowest BCUT2D eigenvalue weighted by Crippen LogP contribution is -2.44. The van der Waals surface area contributed by atoms with Crippen LogP contribution in [0.25, 0.3) is 11.1 Å². The molecular formula is C27H31FN4OS2. The highest BCUT2D eigenvalue weighted by atomic mass is 32.1. The summed E-state index contributed by atoms with van der Waals surface area (Å²) in [5.74, 6) is 0.460. The number of amides is 1. The normalized spacial score (nSPS) is 14.2. The Kier molecular flexibility index (Phi) is 8.46. The third kappa shape index (κ3) is 6.64. The Morgan fingerprint density at radius 2 is 1.89 bits per heavy atom. The van der Waals surface area contributed by atoms with E-state index < -0.39 is 0 Å². The summed E-state index contributed by atoms with van der Waals surface area (Å²) in [5, 5.41) is 10.0. The number of para-hydroxylation sites is 1. The fourth-order valence-electron chi connectivity index (χ4n) is 4.15. The van der Waals surface area contributed by atoms with Crippen molar-refractivity contribution in [2.24, 2.45) is 5.92 Å². The van der Waals surface area contributed by atoms with E-state index in [-0.39, 0.29) is 11.7 Å². The van der Waals surface area contributed by atoms with Crippen LogP contribution in [0.4, 0.5) is 10.1 Å². The van der Waals surface area contributed by atoms with Crippen LogP contribution < -0.4 is 10.6 Å². The smallest absolute Gasteiger partial charge is 0.275 e. The molecule has 5 nitrogen and oxygen atoms in total. The molecule has 8 heteroatoms. The number of rotatable bonds is 7. The van der Waals surface area contributed by atoms with E-state index in [9.17, 15) is 9.18 Å². The van der Waals surface area contributed by atoms with Gasteiger partial charge in [0.2, 0.25) is 0 Å². The van der Waals surface area contributed by atoms with Crippen molar-refractivity contribution < 1.29 is 9.18 Å². The van der Waals surface area contributed by atoms with Gasteiger partial charge in [0.15, 0.2) is 5.11 Å². The lowest BCUT2D eigenvalue weighted by Gasteiger charge is -2.33. The van der Waals surface area contributed by atoms with E-state index >= 15 is 0 Å². The van der Waals surface area contributed by atoms with Gasteiger partial charge < -0.3 is 15.5 Å². The molecule has 0 spiro atoms. The quantitative estimate of drug-likeness (QED) is 0.365. The molecule has 184 valence electrons. The highest BCUT2D eigenvalue weighted by Crippen LogP contribution is 2.32. The third-order valence-corrected chi connectivity index (χ3v) is 7.62. The molecular weight excluding hydrogens is 479 g/mol. The number of likely N-dealkylation sites (tertiary alicyclic amines) is 1. The van der Waals surface area contributed by atoms with Crippen molar-refractivity contribution in [1.82, 2.24) is 15.2 Å². The maximum absolute atomic E-state index is 13.3. The van der Waals surface area contributed by atoms with Crippen LogP contribution >= 0.6 is 23.6 Å². The minimum atomic E-state index is -0.291. The van der Waals surface area contributed by atoms with E-state index in [0.717, 1.165) is 60.1 Å². The number of nitrogens with zero attached hydrogens (tertiary/aromatic N) is 2. The Morgan fingerprint density at radius 1 is 1.17 bits per heavy atom. The number of nitrogens with one attached hydrogen (secondary N) is 2. The molecule has 0 saturated carbocycles. The van der Waals surface area contributed by atoms with Gasteiger partial charge in [-0.2, -0.15) is 0 Å². The van der Waals surface area contributed by atoms with Gasteiger partial charge >= 0.3 is 0 Å². The monoisotopic (exact) mass is 510 g/mol. The molecule has 2 N–H and O–H groups in total. The molecule has 0 aliphatic carbocycles. The molecule has 0 unspecified atom stereocenters.